The Morgan fingerprint density at radius 2 is 2.17 bits per heavy atom. The van der Waals surface area contributed by atoms with Gasteiger partial charge in [-0.2, -0.15) is 10.2 Å². The number of ether oxygens (including phenoxy) is 1. The minimum atomic E-state index is -0.367. The number of methoxy groups -OCH3 is 1. The van der Waals surface area contributed by atoms with Crippen LogP contribution in [0.15, 0.2) is 53.8 Å². The summed E-state index contributed by atoms with van der Waals surface area (Å²) in [7, 11) is 3.50. The van der Waals surface area contributed by atoms with Crippen molar-refractivity contribution in [3.05, 3.63) is 59.9 Å². The van der Waals surface area contributed by atoms with E-state index in [2.05, 4.69) is 20.7 Å². The van der Waals surface area contributed by atoms with Crippen LogP contribution in [0.25, 0.3) is 11.4 Å². The highest BCUT2D eigenvalue weighted by Gasteiger charge is 2.11. The molecular weight excluding hydrogens is 306 g/mol. The number of hydrogen-bond donors (Lipinski definition) is 2. The Kier molecular flexibility index (Phi) is 4.42. The smallest absolute Gasteiger partial charge is 0.289 e. The van der Waals surface area contributed by atoms with Crippen molar-refractivity contribution in [2.45, 2.75) is 0 Å². The van der Waals surface area contributed by atoms with Gasteiger partial charge in [-0.05, 0) is 30.3 Å². The van der Waals surface area contributed by atoms with Gasteiger partial charge in [0.15, 0.2) is 0 Å². The third kappa shape index (κ3) is 3.19. The summed E-state index contributed by atoms with van der Waals surface area (Å²) in [6.07, 6.45) is 3.45. The van der Waals surface area contributed by atoms with Crippen molar-refractivity contribution in [2.75, 3.05) is 7.11 Å². The van der Waals surface area contributed by atoms with Crippen LogP contribution in [-0.4, -0.2) is 34.0 Å². The Labute approximate surface area is 139 Å². The summed E-state index contributed by atoms with van der Waals surface area (Å²) in [6, 6.07) is 12.9. The normalized spacial score (nSPS) is 10.9. The van der Waals surface area contributed by atoms with Crippen molar-refractivity contribution >= 4 is 12.1 Å². The number of aromatic amines is 1. The van der Waals surface area contributed by atoms with Crippen molar-refractivity contribution in [3.63, 3.8) is 0 Å². The number of benzene rings is 1. The van der Waals surface area contributed by atoms with E-state index in [-0.39, 0.29) is 5.91 Å². The number of amides is 1. The molecule has 0 aliphatic rings. The van der Waals surface area contributed by atoms with Crippen LogP contribution in [0.1, 0.15) is 16.1 Å². The molecule has 0 atom stereocenters. The van der Waals surface area contributed by atoms with E-state index in [9.17, 15) is 4.79 Å². The zero-order valence-electron chi connectivity index (χ0n) is 13.4. The molecule has 0 aliphatic carbocycles. The van der Waals surface area contributed by atoms with Crippen LogP contribution < -0.4 is 10.2 Å². The van der Waals surface area contributed by atoms with E-state index < -0.39 is 0 Å². The number of rotatable bonds is 5. The molecular formula is C17H17N5O2. The van der Waals surface area contributed by atoms with Crippen LogP contribution in [0.2, 0.25) is 0 Å². The first-order valence-corrected chi connectivity index (χ1v) is 7.32. The average Bonchev–Trinajstić information content (AvgIpc) is 3.24. The number of aromatic nitrogens is 3. The topological polar surface area (TPSA) is 84.3 Å². The monoisotopic (exact) mass is 323 g/mol. The number of carbonyl (C=O) groups is 1. The molecule has 122 valence electrons. The Morgan fingerprint density at radius 1 is 1.33 bits per heavy atom. The third-order valence-electron chi connectivity index (χ3n) is 3.54. The molecule has 1 amide bonds. The van der Waals surface area contributed by atoms with E-state index in [0.29, 0.717) is 17.1 Å². The molecule has 0 spiro atoms. The van der Waals surface area contributed by atoms with Crippen molar-refractivity contribution in [1.82, 2.24) is 20.2 Å². The van der Waals surface area contributed by atoms with Gasteiger partial charge >= 0.3 is 0 Å². The van der Waals surface area contributed by atoms with E-state index in [1.54, 1.807) is 13.2 Å². The molecule has 0 radical (unpaired) electrons. The van der Waals surface area contributed by atoms with Gasteiger partial charge in [-0.15, -0.1) is 0 Å². The predicted octanol–water partition coefficient (Wildman–Crippen LogP) is 2.19. The maximum atomic E-state index is 12.1. The first kappa shape index (κ1) is 15.5. The minimum absolute atomic E-state index is 0.336. The summed E-state index contributed by atoms with van der Waals surface area (Å²) < 4.78 is 7.15. The van der Waals surface area contributed by atoms with Crippen molar-refractivity contribution in [3.8, 4) is 17.1 Å². The molecule has 2 N–H and O–H groups in total. The highest BCUT2D eigenvalue weighted by Crippen LogP contribution is 2.17. The highest BCUT2D eigenvalue weighted by atomic mass is 16.5. The zero-order valence-corrected chi connectivity index (χ0v) is 13.4. The largest absolute Gasteiger partial charge is 0.496 e. The molecule has 7 nitrogen and oxygen atoms in total. The van der Waals surface area contributed by atoms with E-state index in [4.69, 9.17) is 4.74 Å². The van der Waals surface area contributed by atoms with Gasteiger partial charge in [0.05, 0.1) is 19.0 Å². The number of H-pyrrole nitrogens is 1. The molecule has 3 aromatic rings. The quantitative estimate of drug-likeness (QED) is 0.557. The number of nitrogens with zero attached hydrogens (tertiary/aromatic N) is 3. The summed E-state index contributed by atoms with van der Waals surface area (Å²) >= 11 is 0. The summed E-state index contributed by atoms with van der Waals surface area (Å²) in [5, 5.41) is 10.8. The SMILES string of the molecule is COc1ccccc1/C=N\NC(=O)c1cc(-c2cccn2C)n[nH]1. The molecule has 0 fully saturated rings. The number of nitrogens with one attached hydrogen (secondary N) is 2. The molecule has 0 unspecified atom stereocenters. The number of carbonyl (C=O) groups excluding carboxylic acids is 1. The molecule has 3 rings (SSSR count). The fourth-order valence-electron chi connectivity index (χ4n) is 2.29. The van der Waals surface area contributed by atoms with Gasteiger partial charge in [-0.1, -0.05) is 12.1 Å². The van der Waals surface area contributed by atoms with E-state index in [1.165, 1.54) is 6.21 Å². The van der Waals surface area contributed by atoms with Crippen LogP contribution in [0.5, 0.6) is 5.75 Å². The molecule has 24 heavy (non-hydrogen) atoms. The number of para-hydroxylation sites is 1. The fourth-order valence-corrected chi connectivity index (χ4v) is 2.29. The Bertz CT molecular complexity index is 879. The second kappa shape index (κ2) is 6.82. The van der Waals surface area contributed by atoms with Crippen molar-refractivity contribution < 1.29 is 9.53 Å². The van der Waals surface area contributed by atoms with Gasteiger partial charge in [0, 0.05) is 18.8 Å². The maximum Gasteiger partial charge on any atom is 0.289 e. The summed E-state index contributed by atoms with van der Waals surface area (Å²) in [4.78, 5) is 12.1. The standard InChI is InChI=1S/C17H17N5O2/c1-22-9-5-7-15(22)13-10-14(20-19-13)17(23)21-18-11-12-6-3-4-8-16(12)24-2/h3-11H,1-2H3,(H,19,20)(H,21,23)/b18-11-. The summed E-state index contributed by atoms with van der Waals surface area (Å²) in [6.45, 7) is 0. The van der Waals surface area contributed by atoms with Crippen molar-refractivity contribution in [2.24, 2.45) is 12.1 Å². The predicted molar refractivity (Wildman–Crippen MR) is 91.0 cm³/mol. The molecule has 1 aromatic carbocycles. The fraction of sp³-hybridized carbons (Fsp3) is 0.118. The molecule has 0 aliphatic heterocycles. The lowest BCUT2D eigenvalue weighted by Gasteiger charge is -2.02. The van der Waals surface area contributed by atoms with Crippen LogP contribution in [0.4, 0.5) is 0 Å². The van der Waals surface area contributed by atoms with Gasteiger partial charge < -0.3 is 9.30 Å². The highest BCUT2D eigenvalue weighted by molar-refractivity contribution is 5.94. The van der Waals surface area contributed by atoms with Crippen molar-refractivity contribution in [1.29, 1.82) is 0 Å². The number of hydrazone groups is 1. The Morgan fingerprint density at radius 3 is 2.92 bits per heavy atom. The maximum absolute atomic E-state index is 12.1. The van der Waals surface area contributed by atoms with Gasteiger partial charge in [-0.25, -0.2) is 5.43 Å². The second-order valence-electron chi connectivity index (χ2n) is 5.11. The lowest BCUT2D eigenvalue weighted by atomic mass is 10.2. The summed E-state index contributed by atoms with van der Waals surface area (Å²) in [5.41, 5.74) is 5.19. The lowest BCUT2D eigenvalue weighted by molar-refractivity contribution is 0.0950. The number of hydrogen-bond acceptors (Lipinski definition) is 4. The molecule has 2 aromatic heterocycles. The third-order valence-corrected chi connectivity index (χ3v) is 3.54. The zero-order chi connectivity index (χ0) is 16.9. The second-order valence-corrected chi connectivity index (χ2v) is 5.11. The van der Waals surface area contributed by atoms with Crippen LogP contribution in [0, 0.1) is 0 Å². The first-order chi connectivity index (χ1) is 11.7. The molecule has 0 saturated heterocycles. The first-order valence-electron chi connectivity index (χ1n) is 7.32. The molecule has 2 heterocycles. The van der Waals surface area contributed by atoms with E-state index in [0.717, 1.165) is 11.3 Å². The Hall–Kier alpha value is -3.35. The van der Waals surface area contributed by atoms with Crippen LogP contribution in [-0.2, 0) is 7.05 Å². The average molecular weight is 323 g/mol. The molecule has 0 saturated carbocycles. The molecule has 0 bridgehead atoms. The van der Waals surface area contributed by atoms with Gasteiger partial charge in [-0.3, -0.25) is 9.89 Å². The minimum Gasteiger partial charge on any atom is -0.496 e. The van der Waals surface area contributed by atoms with Gasteiger partial charge in [0.2, 0.25) is 0 Å². The Balaban J connectivity index is 1.69. The van der Waals surface area contributed by atoms with Gasteiger partial charge in [0.25, 0.3) is 5.91 Å². The summed E-state index contributed by atoms with van der Waals surface area (Å²) in [5.74, 6) is 0.317. The van der Waals surface area contributed by atoms with E-state index in [1.807, 2.05) is 54.2 Å². The van der Waals surface area contributed by atoms with Crippen LogP contribution >= 0.6 is 0 Å². The van der Waals surface area contributed by atoms with E-state index >= 15 is 0 Å². The lowest BCUT2D eigenvalue weighted by Crippen LogP contribution is -2.18. The van der Waals surface area contributed by atoms with Crippen LogP contribution in [0.3, 0.4) is 0 Å². The van der Waals surface area contributed by atoms with Gasteiger partial charge in [0.1, 0.15) is 17.1 Å². The molecule has 7 heteroatoms. The number of aryl methyl sites for hydroxylation is 1.